The molecule has 0 spiro atoms. The molecule has 1 rings (SSSR count). The number of unbranched alkanes of at least 4 members (excludes halogenated alkanes) is 2. The summed E-state index contributed by atoms with van der Waals surface area (Å²) < 4.78 is 29.7. The van der Waals surface area contributed by atoms with Crippen LogP contribution in [0.4, 0.5) is 0 Å². The predicted molar refractivity (Wildman–Crippen MR) is 88.5 cm³/mol. The summed E-state index contributed by atoms with van der Waals surface area (Å²) in [5.74, 6) is 0. The van der Waals surface area contributed by atoms with E-state index in [0.29, 0.717) is 6.54 Å². The molecule has 0 saturated carbocycles. The van der Waals surface area contributed by atoms with Crippen molar-refractivity contribution < 1.29 is 8.42 Å². The van der Waals surface area contributed by atoms with E-state index in [1.807, 2.05) is 6.92 Å². The first-order chi connectivity index (χ1) is 10.0. The summed E-state index contributed by atoms with van der Waals surface area (Å²) in [5, 5.41) is 3.28. The number of nitrogens with zero attached hydrogens (tertiary/aromatic N) is 1. The molecule has 0 aliphatic carbocycles. The molecule has 0 bridgehead atoms. The molecule has 1 saturated heterocycles. The van der Waals surface area contributed by atoms with Crippen LogP contribution in [0.1, 0.15) is 65.7 Å². The lowest BCUT2D eigenvalue weighted by Crippen LogP contribution is -2.53. The van der Waals surface area contributed by atoms with Crippen LogP contribution in [-0.4, -0.2) is 44.4 Å². The van der Waals surface area contributed by atoms with Crippen molar-refractivity contribution in [3.8, 4) is 0 Å². The highest BCUT2D eigenvalue weighted by Gasteiger charge is 2.32. The maximum absolute atomic E-state index is 12.6. The van der Waals surface area contributed by atoms with Gasteiger partial charge in [0, 0.05) is 25.2 Å². The van der Waals surface area contributed by atoms with Crippen LogP contribution >= 0.6 is 0 Å². The smallest absolute Gasteiger partial charge is 0.279 e. The largest absolute Gasteiger partial charge is 0.315 e. The van der Waals surface area contributed by atoms with Crippen molar-refractivity contribution in [2.45, 2.75) is 77.8 Å². The van der Waals surface area contributed by atoms with Crippen molar-refractivity contribution in [2.75, 3.05) is 19.6 Å². The Balaban J connectivity index is 2.56. The number of piperidine rings is 1. The third kappa shape index (κ3) is 6.63. The molecule has 1 aliphatic rings. The molecule has 0 radical (unpaired) electrons. The van der Waals surface area contributed by atoms with Crippen molar-refractivity contribution in [2.24, 2.45) is 0 Å². The summed E-state index contributed by atoms with van der Waals surface area (Å²) in [7, 11) is -3.36. The Morgan fingerprint density at radius 1 is 1.24 bits per heavy atom. The van der Waals surface area contributed by atoms with Gasteiger partial charge in [0.1, 0.15) is 0 Å². The lowest BCUT2D eigenvalue weighted by Gasteiger charge is -2.35. The molecule has 0 amide bonds. The van der Waals surface area contributed by atoms with Crippen molar-refractivity contribution in [1.29, 1.82) is 0 Å². The molecule has 126 valence electrons. The molecule has 0 aromatic carbocycles. The average molecular weight is 320 g/mol. The van der Waals surface area contributed by atoms with Gasteiger partial charge >= 0.3 is 0 Å². The van der Waals surface area contributed by atoms with Crippen molar-refractivity contribution in [1.82, 2.24) is 14.3 Å². The molecule has 1 fully saturated rings. The van der Waals surface area contributed by atoms with E-state index < -0.39 is 10.2 Å². The quantitative estimate of drug-likeness (QED) is 0.607. The van der Waals surface area contributed by atoms with Crippen LogP contribution in [0.5, 0.6) is 0 Å². The van der Waals surface area contributed by atoms with Gasteiger partial charge in [0.2, 0.25) is 0 Å². The minimum absolute atomic E-state index is 0.0169. The van der Waals surface area contributed by atoms with Crippen molar-refractivity contribution in [3.05, 3.63) is 0 Å². The molecule has 1 aliphatic heterocycles. The van der Waals surface area contributed by atoms with E-state index in [9.17, 15) is 8.42 Å². The second kappa shape index (κ2) is 9.77. The Labute approximate surface area is 131 Å². The van der Waals surface area contributed by atoms with E-state index in [0.717, 1.165) is 51.6 Å². The SMILES string of the molecule is CCCCCC(C)NS(=O)(=O)N1CCCCC1CNCC. The number of rotatable bonds is 10. The molecule has 6 heteroatoms. The Bertz CT molecular complexity index is 373. The third-order valence-corrected chi connectivity index (χ3v) is 5.90. The van der Waals surface area contributed by atoms with Crippen molar-refractivity contribution >= 4 is 10.2 Å². The van der Waals surface area contributed by atoms with Gasteiger partial charge in [-0.25, -0.2) is 0 Å². The zero-order valence-electron chi connectivity index (χ0n) is 13.9. The highest BCUT2D eigenvalue weighted by atomic mass is 32.2. The molecule has 2 N–H and O–H groups in total. The Morgan fingerprint density at radius 3 is 2.67 bits per heavy atom. The van der Waals surface area contributed by atoms with Crippen LogP contribution in [0.2, 0.25) is 0 Å². The maximum atomic E-state index is 12.6. The van der Waals surface area contributed by atoms with Crippen LogP contribution in [-0.2, 0) is 10.2 Å². The normalized spacial score (nSPS) is 22.3. The molecule has 21 heavy (non-hydrogen) atoms. The first-order valence-electron chi connectivity index (χ1n) is 8.51. The highest BCUT2D eigenvalue weighted by Crippen LogP contribution is 2.20. The number of nitrogens with one attached hydrogen (secondary N) is 2. The van der Waals surface area contributed by atoms with Gasteiger partial charge in [0.25, 0.3) is 10.2 Å². The van der Waals surface area contributed by atoms with E-state index in [1.54, 1.807) is 4.31 Å². The van der Waals surface area contributed by atoms with E-state index >= 15 is 0 Å². The molecule has 2 unspecified atom stereocenters. The van der Waals surface area contributed by atoms with E-state index in [1.165, 1.54) is 6.42 Å². The molecule has 1 heterocycles. The second-order valence-electron chi connectivity index (χ2n) is 6.09. The van der Waals surface area contributed by atoms with Gasteiger partial charge in [0.05, 0.1) is 0 Å². The monoisotopic (exact) mass is 319 g/mol. The third-order valence-electron chi connectivity index (χ3n) is 4.10. The van der Waals surface area contributed by atoms with Crippen LogP contribution in [0.15, 0.2) is 0 Å². The first-order valence-corrected chi connectivity index (χ1v) is 9.95. The Morgan fingerprint density at radius 2 is 2.00 bits per heavy atom. The summed E-state index contributed by atoms with van der Waals surface area (Å²) >= 11 is 0. The van der Waals surface area contributed by atoms with Crippen LogP contribution < -0.4 is 10.0 Å². The summed E-state index contributed by atoms with van der Waals surface area (Å²) in [6.45, 7) is 8.46. The van der Waals surface area contributed by atoms with Gasteiger partial charge < -0.3 is 5.32 Å². The van der Waals surface area contributed by atoms with Crippen LogP contribution in [0, 0.1) is 0 Å². The molecule has 0 aromatic rings. The fraction of sp³-hybridized carbons (Fsp3) is 1.00. The van der Waals surface area contributed by atoms with Crippen LogP contribution in [0.3, 0.4) is 0 Å². The number of likely N-dealkylation sites (N-methyl/N-ethyl adjacent to an activating group) is 1. The summed E-state index contributed by atoms with van der Waals surface area (Å²) in [6, 6.07) is 0.113. The van der Waals surface area contributed by atoms with E-state index in [4.69, 9.17) is 0 Å². The van der Waals surface area contributed by atoms with Crippen LogP contribution in [0.25, 0.3) is 0 Å². The zero-order chi connectivity index (χ0) is 15.7. The minimum Gasteiger partial charge on any atom is -0.315 e. The fourth-order valence-corrected chi connectivity index (χ4v) is 4.59. The van der Waals surface area contributed by atoms with Gasteiger partial charge in [-0.15, -0.1) is 0 Å². The van der Waals surface area contributed by atoms with Crippen molar-refractivity contribution in [3.63, 3.8) is 0 Å². The summed E-state index contributed by atoms with van der Waals surface area (Å²) in [4.78, 5) is 0. The zero-order valence-corrected chi connectivity index (χ0v) is 14.7. The molecule has 5 nitrogen and oxygen atoms in total. The van der Waals surface area contributed by atoms with E-state index in [-0.39, 0.29) is 12.1 Å². The molecule has 0 aromatic heterocycles. The predicted octanol–water partition coefficient (Wildman–Crippen LogP) is 2.25. The minimum atomic E-state index is -3.36. The molecule has 2 atom stereocenters. The number of hydrogen-bond acceptors (Lipinski definition) is 3. The Hall–Kier alpha value is -0.170. The van der Waals surface area contributed by atoms with Gasteiger partial charge in [0.15, 0.2) is 0 Å². The van der Waals surface area contributed by atoms with Gasteiger partial charge in [-0.2, -0.15) is 17.4 Å². The standard InChI is InChI=1S/C15H33N3O2S/c1-4-6-7-10-14(3)17-21(19,20)18-12-9-8-11-15(18)13-16-5-2/h14-17H,4-13H2,1-3H3. The first kappa shape index (κ1) is 18.9. The number of hydrogen-bond donors (Lipinski definition) is 2. The molecular formula is C15H33N3O2S. The summed E-state index contributed by atoms with van der Waals surface area (Å²) in [5.41, 5.74) is 0. The lowest BCUT2D eigenvalue weighted by atomic mass is 10.1. The van der Waals surface area contributed by atoms with E-state index in [2.05, 4.69) is 23.9 Å². The van der Waals surface area contributed by atoms with Gasteiger partial charge in [-0.1, -0.05) is 39.5 Å². The topological polar surface area (TPSA) is 61.4 Å². The maximum Gasteiger partial charge on any atom is 0.279 e. The van der Waals surface area contributed by atoms with Gasteiger partial charge in [-0.05, 0) is 32.7 Å². The summed E-state index contributed by atoms with van der Waals surface area (Å²) in [6.07, 6.45) is 7.37. The highest BCUT2D eigenvalue weighted by molar-refractivity contribution is 7.87. The van der Waals surface area contributed by atoms with Gasteiger partial charge in [-0.3, -0.25) is 0 Å². The average Bonchev–Trinajstić information content (AvgIpc) is 2.45. The fourth-order valence-electron chi connectivity index (χ4n) is 2.89. The Kier molecular flexibility index (Phi) is 8.78. The lowest BCUT2D eigenvalue weighted by molar-refractivity contribution is 0.242. The second-order valence-corrected chi connectivity index (χ2v) is 7.74. The molecular weight excluding hydrogens is 286 g/mol.